The number of carbonyl (C=O) groups excluding carboxylic acids is 1. The molecule has 1 saturated heterocycles. The van der Waals surface area contributed by atoms with Gasteiger partial charge in [-0.05, 0) is 12.8 Å². The van der Waals surface area contributed by atoms with Crippen molar-refractivity contribution in [3.8, 4) is 0 Å². The maximum Gasteiger partial charge on any atom is 0.271 e. The van der Waals surface area contributed by atoms with Gasteiger partial charge in [-0.3, -0.25) is 4.79 Å². The third-order valence-electron chi connectivity index (χ3n) is 3.07. The predicted molar refractivity (Wildman–Crippen MR) is 60.5 cm³/mol. The van der Waals surface area contributed by atoms with Crippen molar-refractivity contribution in [1.82, 2.24) is 14.9 Å². The molecular weight excluding hydrogens is 222 g/mol. The highest BCUT2D eigenvalue weighted by atomic mass is 16.5. The first kappa shape index (κ1) is 12.1. The minimum Gasteiger partial charge on any atom is -0.394 e. The molecule has 0 unspecified atom stereocenters. The van der Waals surface area contributed by atoms with Crippen molar-refractivity contribution >= 4 is 5.91 Å². The minimum absolute atomic E-state index is 0.0745. The molecule has 0 atom stereocenters. The van der Waals surface area contributed by atoms with Gasteiger partial charge in [-0.25, -0.2) is 4.98 Å². The Balaban J connectivity index is 2.05. The Morgan fingerprint density at radius 2 is 2.35 bits per heavy atom. The van der Waals surface area contributed by atoms with Crippen molar-refractivity contribution < 1.29 is 14.6 Å². The highest BCUT2D eigenvalue weighted by Gasteiger charge is 2.34. The largest absolute Gasteiger partial charge is 0.394 e. The zero-order chi connectivity index (χ0) is 12.3. The first-order valence-corrected chi connectivity index (χ1v) is 5.64. The number of hydrogen-bond donors (Lipinski definition) is 2. The van der Waals surface area contributed by atoms with E-state index in [4.69, 9.17) is 4.74 Å². The second-order valence-corrected chi connectivity index (χ2v) is 4.43. The van der Waals surface area contributed by atoms with E-state index in [1.165, 1.54) is 0 Å². The highest BCUT2D eigenvalue weighted by Crippen LogP contribution is 2.20. The highest BCUT2D eigenvalue weighted by molar-refractivity contribution is 5.92. The Hall–Kier alpha value is -1.40. The number of aromatic nitrogens is 2. The number of ether oxygens (including phenoxy) is 1. The van der Waals surface area contributed by atoms with Crippen LogP contribution in [0, 0.1) is 0 Å². The van der Waals surface area contributed by atoms with E-state index in [1.54, 1.807) is 24.1 Å². The number of hydrogen-bond acceptors (Lipinski definition) is 4. The van der Waals surface area contributed by atoms with Gasteiger partial charge >= 0.3 is 0 Å². The molecule has 0 spiro atoms. The molecule has 2 heterocycles. The molecule has 0 aromatic carbocycles. The van der Waals surface area contributed by atoms with Crippen molar-refractivity contribution in [2.24, 2.45) is 7.05 Å². The summed E-state index contributed by atoms with van der Waals surface area (Å²) in [4.78, 5) is 15.9. The van der Waals surface area contributed by atoms with E-state index in [0.717, 1.165) is 0 Å². The van der Waals surface area contributed by atoms with Gasteiger partial charge in [0.25, 0.3) is 5.91 Å². The van der Waals surface area contributed by atoms with Crippen LogP contribution in [0.4, 0.5) is 0 Å². The predicted octanol–water partition coefficient (Wildman–Crippen LogP) is -0.309. The monoisotopic (exact) mass is 239 g/mol. The van der Waals surface area contributed by atoms with Crippen LogP contribution in [0.5, 0.6) is 0 Å². The second-order valence-electron chi connectivity index (χ2n) is 4.43. The Bertz CT molecular complexity index is 396. The number of aryl methyl sites for hydroxylation is 1. The van der Waals surface area contributed by atoms with E-state index in [1.807, 2.05) is 0 Å². The van der Waals surface area contributed by atoms with E-state index >= 15 is 0 Å². The van der Waals surface area contributed by atoms with Crippen LogP contribution in [0.3, 0.4) is 0 Å². The third-order valence-corrected chi connectivity index (χ3v) is 3.07. The molecule has 6 heteroatoms. The summed E-state index contributed by atoms with van der Waals surface area (Å²) >= 11 is 0. The van der Waals surface area contributed by atoms with Crippen molar-refractivity contribution in [1.29, 1.82) is 0 Å². The molecule has 1 fully saturated rings. The molecule has 0 bridgehead atoms. The van der Waals surface area contributed by atoms with Gasteiger partial charge in [-0.1, -0.05) is 0 Å². The van der Waals surface area contributed by atoms with Crippen LogP contribution in [0.1, 0.15) is 23.3 Å². The van der Waals surface area contributed by atoms with E-state index < -0.39 is 5.54 Å². The fourth-order valence-electron chi connectivity index (χ4n) is 1.92. The lowest BCUT2D eigenvalue weighted by molar-refractivity contribution is 0.0124. The number of nitrogens with zero attached hydrogens (tertiary/aromatic N) is 2. The molecule has 17 heavy (non-hydrogen) atoms. The van der Waals surface area contributed by atoms with Gasteiger partial charge in [0.05, 0.1) is 18.5 Å². The average Bonchev–Trinajstić information content (AvgIpc) is 2.77. The first-order chi connectivity index (χ1) is 8.15. The summed E-state index contributed by atoms with van der Waals surface area (Å²) in [6.45, 7) is 1.04. The van der Waals surface area contributed by atoms with Crippen LogP contribution >= 0.6 is 0 Å². The molecule has 2 rings (SSSR count). The number of nitrogens with one attached hydrogen (secondary N) is 1. The number of aliphatic hydroxyl groups excluding tert-OH is 1. The normalized spacial score (nSPS) is 18.9. The fourth-order valence-corrected chi connectivity index (χ4v) is 1.92. The Morgan fingerprint density at radius 3 is 2.88 bits per heavy atom. The molecule has 1 aromatic heterocycles. The summed E-state index contributed by atoms with van der Waals surface area (Å²) in [7, 11) is 1.81. The summed E-state index contributed by atoms with van der Waals surface area (Å²) < 4.78 is 6.95. The number of carbonyl (C=O) groups is 1. The molecule has 0 aliphatic carbocycles. The summed E-state index contributed by atoms with van der Waals surface area (Å²) in [6.07, 6.45) is 4.48. The molecule has 0 saturated carbocycles. The number of imidazole rings is 1. The van der Waals surface area contributed by atoms with Gasteiger partial charge in [0.1, 0.15) is 5.69 Å². The van der Waals surface area contributed by atoms with E-state index in [2.05, 4.69) is 10.3 Å². The molecule has 2 N–H and O–H groups in total. The van der Waals surface area contributed by atoms with E-state index in [-0.39, 0.29) is 12.5 Å². The van der Waals surface area contributed by atoms with Gasteiger partial charge in [0.15, 0.2) is 0 Å². The Labute approximate surface area is 99.6 Å². The van der Waals surface area contributed by atoms with Crippen LogP contribution in [-0.2, 0) is 11.8 Å². The zero-order valence-electron chi connectivity index (χ0n) is 9.85. The van der Waals surface area contributed by atoms with Crippen molar-refractivity contribution in [3.05, 3.63) is 18.2 Å². The van der Waals surface area contributed by atoms with Crippen molar-refractivity contribution in [2.45, 2.75) is 18.4 Å². The Kier molecular flexibility index (Phi) is 3.44. The van der Waals surface area contributed by atoms with Gasteiger partial charge < -0.3 is 19.7 Å². The van der Waals surface area contributed by atoms with Crippen LogP contribution in [0.15, 0.2) is 12.5 Å². The lowest BCUT2D eigenvalue weighted by Gasteiger charge is -2.36. The van der Waals surface area contributed by atoms with Gasteiger partial charge in [0, 0.05) is 26.5 Å². The molecule has 1 aliphatic rings. The third kappa shape index (κ3) is 2.65. The molecule has 6 nitrogen and oxygen atoms in total. The maximum absolute atomic E-state index is 12.0. The summed E-state index contributed by atoms with van der Waals surface area (Å²) in [5.41, 5.74) is -0.195. The van der Waals surface area contributed by atoms with Gasteiger partial charge in [-0.2, -0.15) is 0 Å². The second kappa shape index (κ2) is 4.85. The van der Waals surface area contributed by atoms with Crippen LogP contribution in [0.25, 0.3) is 0 Å². The quantitative estimate of drug-likeness (QED) is 0.758. The van der Waals surface area contributed by atoms with E-state index in [0.29, 0.717) is 31.7 Å². The fraction of sp³-hybridized carbons (Fsp3) is 0.636. The maximum atomic E-state index is 12.0. The topological polar surface area (TPSA) is 76.4 Å². The molecule has 1 aliphatic heterocycles. The summed E-state index contributed by atoms with van der Waals surface area (Å²) in [5.74, 6) is -0.249. The van der Waals surface area contributed by atoms with Crippen molar-refractivity contribution in [3.63, 3.8) is 0 Å². The number of aliphatic hydroxyl groups is 1. The van der Waals surface area contributed by atoms with Gasteiger partial charge in [-0.15, -0.1) is 0 Å². The van der Waals surface area contributed by atoms with Crippen molar-refractivity contribution in [2.75, 3.05) is 19.8 Å². The SMILES string of the molecule is Cn1cnc(C(=O)NC2(CO)CCOCC2)c1. The summed E-state index contributed by atoms with van der Waals surface area (Å²) in [6, 6.07) is 0. The number of amides is 1. The molecule has 1 aromatic rings. The lowest BCUT2D eigenvalue weighted by Crippen LogP contribution is -2.54. The summed E-state index contributed by atoms with van der Waals surface area (Å²) in [5, 5.41) is 12.3. The average molecular weight is 239 g/mol. The van der Waals surface area contributed by atoms with E-state index in [9.17, 15) is 9.90 Å². The standard InChI is InChI=1S/C11H17N3O3/c1-14-6-9(12-8-14)10(16)13-11(7-15)2-4-17-5-3-11/h6,8,15H,2-5,7H2,1H3,(H,13,16). The van der Waals surface area contributed by atoms with Gasteiger partial charge in [0.2, 0.25) is 0 Å². The molecular formula is C11H17N3O3. The number of rotatable bonds is 3. The van der Waals surface area contributed by atoms with Crippen LogP contribution in [-0.4, -0.2) is 45.9 Å². The Morgan fingerprint density at radius 1 is 1.65 bits per heavy atom. The van der Waals surface area contributed by atoms with Crippen LogP contribution in [0.2, 0.25) is 0 Å². The van der Waals surface area contributed by atoms with Crippen LogP contribution < -0.4 is 5.32 Å². The minimum atomic E-state index is -0.563. The first-order valence-electron chi connectivity index (χ1n) is 5.64. The lowest BCUT2D eigenvalue weighted by atomic mass is 9.91. The zero-order valence-corrected chi connectivity index (χ0v) is 9.85. The smallest absolute Gasteiger partial charge is 0.271 e. The molecule has 0 radical (unpaired) electrons. The molecule has 94 valence electrons. The molecule has 1 amide bonds.